The number of hydrogen-bond donors (Lipinski definition) is 1. The molecule has 1 aliphatic heterocycles. The molecule has 0 fully saturated rings. The Bertz CT molecular complexity index is 1410. The lowest BCUT2D eigenvalue weighted by molar-refractivity contribution is -0.118. The highest BCUT2D eigenvalue weighted by atomic mass is 35.5. The van der Waals surface area contributed by atoms with Gasteiger partial charge >= 0.3 is 0 Å². The molecule has 1 N–H and O–H groups in total. The molecule has 0 saturated heterocycles. The standard InChI is InChI=1S/C29H23ClN4O3/c30-23-8-10-24(11-9-23)32-28(35)19-37-25-12-6-20(7-13-25)26-18-27(21-4-2-1-3-5-21)34(33-26)29(36)22-14-16-31-17-15-22/h1-17,27H,18-19H2,(H,32,35). The van der Waals surface area contributed by atoms with E-state index in [2.05, 4.69) is 10.3 Å². The third kappa shape index (κ3) is 5.85. The molecule has 0 aliphatic carbocycles. The van der Waals surface area contributed by atoms with E-state index < -0.39 is 0 Å². The summed E-state index contributed by atoms with van der Waals surface area (Å²) in [5, 5.41) is 9.62. The van der Waals surface area contributed by atoms with Crippen LogP contribution in [0.1, 0.15) is 33.9 Å². The minimum absolute atomic E-state index is 0.132. The van der Waals surface area contributed by atoms with Crippen molar-refractivity contribution in [2.24, 2.45) is 5.10 Å². The first-order valence-electron chi connectivity index (χ1n) is 11.7. The molecular formula is C29H23ClN4O3. The van der Waals surface area contributed by atoms with Crippen molar-refractivity contribution < 1.29 is 14.3 Å². The van der Waals surface area contributed by atoms with Gasteiger partial charge in [0.2, 0.25) is 0 Å². The smallest absolute Gasteiger partial charge is 0.274 e. The van der Waals surface area contributed by atoms with Crippen molar-refractivity contribution >= 4 is 34.8 Å². The van der Waals surface area contributed by atoms with Crippen LogP contribution in [0.15, 0.2) is 108 Å². The average molecular weight is 511 g/mol. The number of amides is 2. The highest BCUT2D eigenvalue weighted by molar-refractivity contribution is 6.30. The summed E-state index contributed by atoms with van der Waals surface area (Å²) in [7, 11) is 0. The first kappa shape index (κ1) is 24.2. The number of nitrogens with one attached hydrogen (secondary N) is 1. The molecule has 37 heavy (non-hydrogen) atoms. The number of carbonyl (C=O) groups is 2. The second-order valence-corrected chi connectivity index (χ2v) is 8.87. The molecule has 184 valence electrons. The summed E-state index contributed by atoms with van der Waals surface area (Å²) in [5.74, 6) is 0.0957. The molecule has 4 aromatic rings. The Labute approximate surface area is 219 Å². The molecule has 8 heteroatoms. The largest absolute Gasteiger partial charge is 0.484 e. The zero-order chi connectivity index (χ0) is 25.6. The molecule has 5 rings (SSSR count). The molecule has 1 aromatic heterocycles. The van der Waals surface area contributed by atoms with Gasteiger partial charge in [0.15, 0.2) is 6.61 Å². The molecule has 0 bridgehead atoms. The van der Waals surface area contributed by atoms with Gasteiger partial charge in [-0.25, -0.2) is 5.01 Å². The SMILES string of the molecule is O=C(COc1ccc(C2=NN(C(=O)c3ccncc3)C(c3ccccc3)C2)cc1)Nc1ccc(Cl)cc1. The zero-order valence-electron chi connectivity index (χ0n) is 19.8. The van der Waals surface area contributed by atoms with Gasteiger partial charge in [-0.15, -0.1) is 0 Å². The van der Waals surface area contributed by atoms with Crippen LogP contribution in [0.25, 0.3) is 0 Å². The summed E-state index contributed by atoms with van der Waals surface area (Å²) in [4.78, 5) is 29.5. The van der Waals surface area contributed by atoms with Crippen LogP contribution >= 0.6 is 11.6 Å². The van der Waals surface area contributed by atoms with Gasteiger partial charge in [-0.05, 0) is 71.8 Å². The molecule has 1 unspecified atom stereocenters. The predicted molar refractivity (Wildman–Crippen MR) is 143 cm³/mol. The number of nitrogens with zero attached hydrogens (tertiary/aromatic N) is 3. The molecule has 0 radical (unpaired) electrons. The minimum atomic E-state index is -0.275. The van der Waals surface area contributed by atoms with Gasteiger partial charge in [0.25, 0.3) is 11.8 Å². The maximum atomic E-state index is 13.3. The van der Waals surface area contributed by atoms with E-state index in [0.717, 1.165) is 16.8 Å². The van der Waals surface area contributed by atoms with E-state index in [-0.39, 0.29) is 24.5 Å². The van der Waals surface area contributed by atoms with Crippen molar-refractivity contribution in [2.45, 2.75) is 12.5 Å². The van der Waals surface area contributed by atoms with Crippen LogP contribution in [0.5, 0.6) is 5.75 Å². The van der Waals surface area contributed by atoms with Gasteiger partial charge in [0.1, 0.15) is 5.75 Å². The van der Waals surface area contributed by atoms with Crippen LogP contribution in [0.4, 0.5) is 5.69 Å². The normalized spacial score (nSPS) is 14.7. The molecule has 2 amide bonds. The quantitative estimate of drug-likeness (QED) is 0.343. The van der Waals surface area contributed by atoms with E-state index in [1.54, 1.807) is 65.9 Å². The van der Waals surface area contributed by atoms with Crippen molar-refractivity contribution in [2.75, 3.05) is 11.9 Å². The first-order chi connectivity index (χ1) is 18.1. The van der Waals surface area contributed by atoms with Crippen LogP contribution in [-0.4, -0.2) is 34.1 Å². The van der Waals surface area contributed by atoms with E-state index in [0.29, 0.717) is 28.4 Å². The van der Waals surface area contributed by atoms with Gasteiger partial charge in [0, 0.05) is 35.1 Å². The molecule has 3 aromatic carbocycles. The Balaban J connectivity index is 1.28. The van der Waals surface area contributed by atoms with Crippen molar-refractivity contribution in [3.63, 3.8) is 0 Å². The maximum absolute atomic E-state index is 13.3. The molecule has 7 nitrogen and oxygen atoms in total. The van der Waals surface area contributed by atoms with Crippen molar-refractivity contribution in [3.8, 4) is 5.75 Å². The van der Waals surface area contributed by atoms with Gasteiger partial charge in [-0.2, -0.15) is 5.10 Å². The van der Waals surface area contributed by atoms with Crippen LogP contribution in [0.2, 0.25) is 5.02 Å². The van der Waals surface area contributed by atoms with Gasteiger partial charge in [-0.3, -0.25) is 14.6 Å². The van der Waals surface area contributed by atoms with Gasteiger partial charge < -0.3 is 10.1 Å². The van der Waals surface area contributed by atoms with Gasteiger partial charge in [-0.1, -0.05) is 41.9 Å². The summed E-state index contributed by atoms with van der Waals surface area (Å²) in [5.41, 5.74) is 3.86. The lowest BCUT2D eigenvalue weighted by Gasteiger charge is -2.22. The number of carbonyl (C=O) groups excluding carboxylic acids is 2. The number of hydrazone groups is 1. The predicted octanol–water partition coefficient (Wildman–Crippen LogP) is 5.74. The molecule has 1 aliphatic rings. The van der Waals surface area contributed by atoms with E-state index in [1.165, 1.54) is 0 Å². The third-order valence-electron chi connectivity index (χ3n) is 5.92. The lowest BCUT2D eigenvalue weighted by Crippen LogP contribution is -2.27. The first-order valence-corrected chi connectivity index (χ1v) is 12.1. The number of anilines is 1. The Morgan fingerprint density at radius 3 is 2.32 bits per heavy atom. The Kier molecular flexibility index (Phi) is 7.23. The van der Waals surface area contributed by atoms with Crippen LogP contribution in [0, 0.1) is 0 Å². The summed E-state index contributed by atoms with van der Waals surface area (Å²) >= 11 is 5.87. The summed E-state index contributed by atoms with van der Waals surface area (Å²) in [6.07, 6.45) is 3.77. The van der Waals surface area contributed by atoms with Crippen LogP contribution in [-0.2, 0) is 4.79 Å². The molecule has 1 atom stereocenters. The Morgan fingerprint density at radius 2 is 1.62 bits per heavy atom. The number of hydrogen-bond acceptors (Lipinski definition) is 5. The number of benzene rings is 3. The Hall–Kier alpha value is -4.49. The van der Waals surface area contributed by atoms with Crippen LogP contribution in [0.3, 0.4) is 0 Å². The van der Waals surface area contributed by atoms with E-state index >= 15 is 0 Å². The zero-order valence-corrected chi connectivity index (χ0v) is 20.5. The van der Waals surface area contributed by atoms with E-state index in [9.17, 15) is 9.59 Å². The second kappa shape index (κ2) is 11.1. The molecule has 2 heterocycles. The maximum Gasteiger partial charge on any atom is 0.274 e. The lowest BCUT2D eigenvalue weighted by atomic mass is 9.98. The highest BCUT2D eigenvalue weighted by Gasteiger charge is 2.33. The van der Waals surface area contributed by atoms with E-state index in [1.807, 2.05) is 42.5 Å². The topological polar surface area (TPSA) is 83.9 Å². The van der Waals surface area contributed by atoms with E-state index in [4.69, 9.17) is 21.4 Å². The minimum Gasteiger partial charge on any atom is -0.484 e. The van der Waals surface area contributed by atoms with Crippen molar-refractivity contribution in [3.05, 3.63) is 125 Å². The number of pyridine rings is 1. The van der Waals surface area contributed by atoms with Crippen LogP contribution < -0.4 is 10.1 Å². The summed E-state index contributed by atoms with van der Waals surface area (Å²) in [6, 6.07) is 27.2. The highest BCUT2D eigenvalue weighted by Crippen LogP contribution is 2.34. The number of ether oxygens (including phenoxy) is 1. The Morgan fingerprint density at radius 1 is 0.919 bits per heavy atom. The van der Waals surface area contributed by atoms with Crippen molar-refractivity contribution in [1.29, 1.82) is 0 Å². The fraction of sp³-hybridized carbons (Fsp3) is 0.103. The van der Waals surface area contributed by atoms with Crippen molar-refractivity contribution in [1.82, 2.24) is 9.99 Å². The molecule has 0 saturated carbocycles. The summed E-state index contributed by atoms with van der Waals surface area (Å²) < 4.78 is 5.64. The fourth-order valence-electron chi connectivity index (χ4n) is 4.06. The number of aromatic nitrogens is 1. The number of halogens is 1. The third-order valence-corrected chi connectivity index (χ3v) is 6.17. The molecule has 0 spiro atoms. The average Bonchev–Trinajstić information content (AvgIpc) is 3.40. The number of rotatable bonds is 7. The summed E-state index contributed by atoms with van der Waals surface area (Å²) in [6.45, 7) is -0.132. The second-order valence-electron chi connectivity index (χ2n) is 8.43. The van der Waals surface area contributed by atoms with Gasteiger partial charge in [0.05, 0.1) is 11.8 Å². The fourth-order valence-corrected chi connectivity index (χ4v) is 4.18. The monoisotopic (exact) mass is 510 g/mol. The molecular weight excluding hydrogens is 488 g/mol.